The van der Waals surface area contributed by atoms with E-state index in [0.29, 0.717) is 12.1 Å². The molecule has 4 nitrogen and oxygen atoms in total. The quantitative estimate of drug-likeness (QED) is 0.624. The van der Waals surface area contributed by atoms with E-state index in [1.54, 1.807) is 12.3 Å². The molecular formula is C12H13FN4. The fraction of sp³-hybridized carbons (Fsp3) is 0.167. The monoisotopic (exact) mass is 232 g/mol. The Balaban J connectivity index is 2.33. The van der Waals surface area contributed by atoms with Gasteiger partial charge in [0.25, 0.3) is 0 Å². The Morgan fingerprint density at radius 2 is 2.24 bits per heavy atom. The Kier molecular flexibility index (Phi) is 2.91. The van der Waals surface area contributed by atoms with Gasteiger partial charge in [-0.2, -0.15) is 0 Å². The Morgan fingerprint density at radius 3 is 2.82 bits per heavy atom. The van der Waals surface area contributed by atoms with Crippen LogP contribution in [0.2, 0.25) is 0 Å². The molecule has 1 aromatic carbocycles. The fourth-order valence-electron chi connectivity index (χ4n) is 1.66. The van der Waals surface area contributed by atoms with Crippen LogP contribution in [0.15, 0.2) is 30.6 Å². The van der Waals surface area contributed by atoms with Crippen LogP contribution < -0.4 is 5.73 Å². The van der Waals surface area contributed by atoms with Crippen molar-refractivity contribution < 1.29 is 4.39 Å². The minimum Gasteiger partial charge on any atom is -0.384 e. The summed E-state index contributed by atoms with van der Waals surface area (Å²) in [6.45, 7) is 2.40. The summed E-state index contributed by atoms with van der Waals surface area (Å²) in [5.41, 5.74) is 6.51. The summed E-state index contributed by atoms with van der Waals surface area (Å²) in [6.07, 6.45) is 3.52. The summed E-state index contributed by atoms with van der Waals surface area (Å²) in [7, 11) is 0. The third kappa shape index (κ3) is 2.50. The number of nitrogens with one attached hydrogen (secondary N) is 1. The fourth-order valence-corrected chi connectivity index (χ4v) is 1.66. The molecule has 3 N–H and O–H groups in total. The van der Waals surface area contributed by atoms with Gasteiger partial charge in [0.1, 0.15) is 17.5 Å². The molecule has 0 spiro atoms. The van der Waals surface area contributed by atoms with Crippen molar-refractivity contribution in [1.82, 2.24) is 9.55 Å². The van der Waals surface area contributed by atoms with Crippen molar-refractivity contribution in [2.24, 2.45) is 5.73 Å². The van der Waals surface area contributed by atoms with Crippen LogP contribution in [0.25, 0.3) is 0 Å². The standard InChI is InChI=1S/C12H13FN4/c1-8-16-2-3-17(8)7-9-4-10(12(14)15)6-11(13)5-9/h2-6H,7H2,1H3,(H3,14,15). The molecule has 0 unspecified atom stereocenters. The molecule has 17 heavy (non-hydrogen) atoms. The highest BCUT2D eigenvalue weighted by atomic mass is 19.1. The molecule has 88 valence electrons. The lowest BCUT2D eigenvalue weighted by molar-refractivity contribution is 0.622. The van der Waals surface area contributed by atoms with Gasteiger partial charge in [-0.1, -0.05) is 0 Å². The topological polar surface area (TPSA) is 67.7 Å². The first-order valence-corrected chi connectivity index (χ1v) is 5.18. The van der Waals surface area contributed by atoms with Crippen molar-refractivity contribution in [3.8, 4) is 0 Å². The summed E-state index contributed by atoms with van der Waals surface area (Å²) in [6, 6.07) is 4.41. The van der Waals surface area contributed by atoms with Gasteiger partial charge in [0.2, 0.25) is 0 Å². The SMILES string of the molecule is Cc1nccn1Cc1cc(F)cc(C(=N)N)c1. The zero-order valence-electron chi connectivity index (χ0n) is 9.44. The van der Waals surface area contributed by atoms with Crippen LogP contribution in [-0.2, 0) is 6.54 Å². The molecule has 0 aliphatic heterocycles. The van der Waals surface area contributed by atoms with E-state index in [1.807, 2.05) is 17.7 Å². The first kappa shape index (κ1) is 11.3. The molecule has 0 amide bonds. The molecule has 1 aromatic heterocycles. The summed E-state index contributed by atoms with van der Waals surface area (Å²) >= 11 is 0. The van der Waals surface area contributed by atoms with E-state index in [4.69, 9.17) is 11.1 Å². The van der Waals surface area contributed by atoms with Gasteiger partial charge in [-0.25, -0.2) is 9.37 Å². The van der Waals surface area contributed by atoms with E-state index in [1.165, 1.54) is 12.1 Å². The molecule has 5 heteroatoms. The van der Waals surface area contributed by atoms with Gasteiger partial charge in [-0.3, -0.25) is 5.41 Å². The van der Waals surface area contributed by atoms with Gasteiger partial charge >= 0.3 is 0 Å². The highest BCUT2D eigenvalue weighted by Crippen LogP contribution is 2.11. The summed E-state index contributed by atoms with van der Waals surface area (Å²) in [5, 5.41) is 7.31. The summed E-state index contributed by atoms with van der Waals surface area (Å²) in [5.74, 6) is 0.345. The number of hydrogen-bond donors (Lipinski definition) is 2. The second kappa shape index (κ2) is 4.37. The summed E-state index contributed by atoms with van der Waals surface area (Å²) < 4.78 is 15.2. The van der Waals surface area contributed by atoms with E-state index in [9.17, 15) is 4.39 Å². The Labute approximate surface area is 98.4 Å². The number of nitrogens with two attached hydrogens (primary N) is 1. The highest BCUT2D eigenvalue weighted by Gasteiger charge is 2.05. The van der Waals surface area contributed by atoms with Crippen LogP contribution in [0.5, 0.6) is 0 Å². The van der Waals surface area contributed by atoms with Gasteiger partial charge in [0, 0.05) is 24.5 Å². The summed E-state index contributed by atoms with van der Waals surface area (Å²) in [4.78, 5) is 4.10. The number of aryl methyl sites for hydroxylation is 1. The van der Waals surface area contributed by atoms with Crippen LogP contribution >= 0.6 is 0 Å². The lowest BCUT2D eigenvalue weighted by atomic mass is 10.1. The van der Waals surface area contributed by atoms with E-state index in [0.717, 1.165) is 11.4 Å². The minimum absolute atomic E-state index is 0.131. The molecule has 1 heterocycles. The molecule has 0 radical (unpaired) electrons. The van der Waals surface area contributed by atoms with Crippen LogP contribution in [-0.4, -0.2) is 15.4 Å². The maximum Gasteiger partial charge on any atom is 0.124 e. The molecule has 2 aromatic rings. The average molecular weight is 232 g/mol. The lowest BCUT2D eigenvalue weighted by Gasteiger charge is -2.07. The van der Waals surface area contributed by atoms with Crippen LogP contribution in [0, 0.1) is 18.2 Å². The maximum absolute atomic E-state index is 13.3. The second-order valence-electron chi connectivity index (χ2n) is 3.86. The van der Waals surface area contributed by atoms with E-state index >= 15 is 0 Å². The number of amidine groups is 1. The van der Waals surface area contributed by atoms with Gasteiger partial charge in [0.05, 0.1) is 0 Å². The number of hydrogen-bond acceptors (Lipinski definition) is 2. The van der Waals surface area contributed by atoms with E-state index < -0.39 is 0 Å². The van der Waals surface area contributed by atoms with Crippen molar-refractivity contribution in [1.29, 1.82) is 5.41 Å². The van der Waals surface area contributed by atoms with E-state index in [2.05, 4.69) is 4.98 Å². The number of halogens is 1. The molecule has 2 rings (SSSR count). The van der Waals surface area contributed by atoms with Crippen molar-refractivity contribution >= 4 is 5.84 Å². The maximum atomic E-state index is 13.3. The number of benzene rings is 1. The van der Waals surface area contributed by atoms with Crippen molar-refractivity contribution in [3.63, 3.8) is 0 Å². The van der Waals surface area contributed by atoms with Gasteiger partial charge in [-0.15, -0.1) is 0 Å². The molecule has 0 atom stereocenters. The smallest absolute Gasteiger partial charge is 0.124 e. The third-order valence-corrected chi connectivity index (χ3v) is 2.55. The van der Waals surface area contributed by atoms with Crippen molar-refractivity contribution in [3.05, 3.63) is 53.4 Å². The zero-order chi connectivity index (χ0) is 12.4. The first-order valence-electron chi connectivity index (χ1n) is 5.18. The van der Waals surface area contributed by atoms with Crippen LogP contribution in [0.1, 0.15) is 17.0 Å². The largest absolute Gasteiger partial charge is 0.384 e. The number of aromatic nitrogens is 2. The highest BCUT2D eigenvalue weighted by molar-refractivity contribution is 5.95. The number of nitrogens with zero attached hydrogens (tertiary/aromatic N) is 2. The number of imidazole rings is 1. The van der Waals surface area contributed by atoms with E-state index in [-0.39, 0.29) is 11.7 Å². The molecular weight excluding hydrogens is 219 g/mol. The predicted molar refractivity (Wildman–Crippen MR) is 63.5 cm³/mol. The molecule has 0 fully saturated rings. The van der Waals surface area contributed by atoms with Gasteiger partial charge < -0.3 is 10.3 Å². The third-order valence-electron chi connectivity index (χ3n) is 2.55. The Hall–Kier alpha value is -2.17. The van der Waals surface area contributed by atoms with Crippen LogP contribution in [0.3, 0.4) is 0 Å². The zero-order valence-corrected chi connectivity index (χ0v) is 9.44. The molecule has 0 aliphatic carbocycles. The average Bonchev–Trinajstić information content (AvgIpc) is 2.63. The predicted octanol–water partition coefficient (Wildman–Crippen LogP) is 1.66. The minimum atomic E-state index is -0.384. The molecule has 0 saturated heterocycles. The van der Waals surface area contributed by atoms with Gasteiger partial charge in [-0.05, 0) is 30.7 Å². The Bertz CT molecular complexity index is 559. The number of nitrogen functional groups attached to an aromatic ring is 1. The lowest BCUT2D eigenvalue weighted by Crippen LogP contribution is -2.12. The van der Waals surface area contributed by atoms with Crippen molar-refractivity contribution in [2.75, 3.05) is 0 Å². The molecule has 0 bridgehead atoms. The normalized spacial score (nSPS) is 10.5. The Morgan fingerprint density at radius 1 is 1.47 bits per heavy atom. The molecule has 0 aliphatic rings. The van der Waals surface area contributed by atoms with Crippen molar-refractivity contribution in [2.45, 2.75) is 13.5 Å². The van der Waals surface area contributed by atoms with Crippen LogP contribution in [0.4, 0.5) is 4.39 Å². The number of rotatable bonds is 3. The molecule has 0 saturated carbocycles. The second-order valence-corrected chi connectivity index (χ2v) is 3.86. The first-order chi connectivity index (χ1) is 8.06. The van der Waals surface area contributed by atoms with Gasteiger partial charge in [0.15, 0.2) is 0 Å².